The molecule has 3 atom stereocenters. The van der Waals surface area contributed by atoms with E-state index in [0.717, 1.165) is 44.5 Å². The van der Waals surface area contributed by atoms with Crippen LogP contribution in [0.3, 0.4) is 0 Å². The quantitative estimate of drug-likeness (QED) is 0.893. The van der Waals surface area contributed by atoms with E-state index in [-0.39, 0.29) is 18.0 Å². The number of benzene rings is 1. The van der Waals surface area contributed by atoms with Gasteiger partial charge in [-0.25, -0.2) is 0 Å². The Labute approximate surface area is 137 Å². The normalized spacial score (nSPS) is 27.0. The van der Waals surface area contributed by atoms with E-state index in [0.29, 0.717) is 6.04 Å². The van der Waals surface area contributed by atoms with Crippen molar-refractivity contribution in [1.29, 1.82) is 5.26 Å². The molecule has 122 valence electrons. The second-order valence-electron chi connectivity index (χ2n) is 6.56. The second kappa shape index (κ2) is 7.01. The Morgan fingerprint density at radius 1 is 1.35 bits per heavy atom. The highest BCUT2D eigenvalue weighted by Crippen LogP contribution is 2.22. The number of nitrogens with zero attached hydrogens (tertiary/aromatic N) is 2. The minimum atomic E-state index is -0.228. The summed E-state index contributed by atoms with van der Waals surface area (Å²) in [5, 5.41) is 16.0. The molecule has 2 fully saturated rings. The van der Waals surface area contributed by atoms with Crippen LogP contribution in [0.1, 0.15) is 31.2 Å². The fraction of sp³-hybridized carbons (Fsp3) is 0.556. The highest BCUT2D eigenvalue weighted by molar-refractivity contribution is 5.83. The lowest BCUT2D eigenvalue weighted by Gasteiger charge is -2.24. The van der Waals surface area contributed by atoms with Gasteiger partial charge in [0.25, 0.3) is 0 Å². The summed E-state index contributed by atoms with van der Waals surface area (Å²) in [4.78, 5) is 14.3. The summed E-state index contributed by atoms with van der Waals surface area (Å²) in [6.45, 7) is 3.61. The third-order valence-electron chi connectivity index (χ3n) is 4.83. The molecule has 0 saturated carbocycles. The minimum absolute atomic E-state index is 0.104. The molecule has 2 aliphatic heterocycles. The number of hydrogen-bond donors (Lipinski definition) is 2. The van der Waals surface area contributed by atoms with Gasteiger partial charge in [0, 0.05) is 24.8 Å². The molecule has 1 aromatic rings. The van der Waals surface area contributed by atoms with Gasteiger partial charge >= 0.3 is 0 Å². The molecule has 0 radical (unpaired) electrons. The summed E-state index contributed by atoms with van der Waals surface area (Å²) in [5.74, 6) is 0.104. The lowest BCUT2D eigenvalue weighted by atomic mass is 10.1. The zero-order chi connectivity index (χ0) is 16.2. The molecule has 23 heavy (non-hydrogen) atoms. The number of hydrogen-bond acceptors (Lipinski definition) is 4. The predicted octanol–water partition coefficient (Wildman–Crippen LogP) is 2.04. The van der Waals surface area contributed by atoms with Crippen molar-refractivity contribution in [1.82, 2.24) is 10.2 Å². The van der Waals surface area contributed by atoms with Crippen molar-refractivity contribution in [2.75, 3.05) is 18.4 Å². The zero-order valence-corrected chi connectivity index (χ0v) is 13.6. The molecule has 0 bridgehead atoms. The lowest BCUT2D eigenvalue weighted by Crippen LogP contribution is -2.47. The summed E-state index contributed by atoms with van der Waals surface area (Å²) in [6, 6.07) is 10.5. The molecule has 1 amide bonds. The number of nitriles is 1. The Morgan fingerprint density at radius 3 is 2.87 bits per heavy atom. The number of likely N-dealkylation sites (tertiary alicyclic amines) is 1. The molecule has 2 heterocycles. The molecule has 2 aliphatic rings. The van der Waals surface area contributed by atoms with Crippen LogP contribution >= 0.6 is 0 Å². The maximum atomic E-state index is 12.6. The molecule has 0 aliphatic carbocycles. The highest BCUT2D eigenvalue weighted by Gasteiger charge is 2.36. The molecular weight excluding hydrogens is 288 g/mol. The molecule has 0 unspecified atom stereocenters. The summed E-state index contributed by atoms with van der Waals surface area (Å²) in [5.41, 5.74) is 2.36. The van der Waals surface area contributed by atoms with Crippen molar-refractivity contribution in [2.24, 2.45) is 0 Å². The number of carbonyl (C=O) groups excluding carboxylic acids is 1. The summed E-state index contributed by atoms with van der Waals surface area (Å²) in [7, 11) is 0. The van der Waals surface area contributed by atoms with Gasteiger partial charge in [-0.15, -0.1) is 0 Å². The molecule has 0 spiro atoms. The van der Waals surface area contributed by atoms with Crippen LogP contribution < -0.4 is 10.6 Å². The largest absolute Gasteiger partial charge is 0.383 e. The standard InChI is InChI=1S/C18H24N4O/c1-13-4-6-14(7-5-13)20-12-15-8-9-17(21-15)18(23)22-10-2-3-16(22)11-19/h4-7,15-17,20-21H,2-3,8-10,12H2,1H3/t15-,16+,17-/m1/s1. The monoisotopic (exact) mass is 312 g/mol. The number of carbonyl (C=O) groups is 1. The van der Waals surface area contributed by atoms with Crippen molar-refractivity contribution in [3.63, 3.8) is 0 Å². The van der Waals surface area contributed by atoms with Crippen LogP contribution in [0.4, 0.5) is 5.69 Å². The fourth-order valence-electron chi connectivity index (χ4n) is 3.45. The van der Waals surface area contributed by atoms with Crippen LogP contribution in [-0.2, 0) is 4.79 Å². The van der Waals surface area contributed by atoms with Gasteiger partial charge in [0.05, 0.1) is 12.1 Å². The molecule has 5 nitrogen and oxygen atoms in total. The van der Waals surface area contributed by atoms with Crippen molar-refractivity contribution in [3.8, 4) is 6.07 Å². The SMILES string of the molecule is Cc1ccc(NC[C@H]2CC[C@H](C(=O)N3CCC[C@H]3C#N)N2)cc1. The number of amides is 1. The molecular formula is C18H24N4O. The lowest BCUT2D eigenvalue weighted by molar-refractivity contribution is -0.133. The van der Waals surface area contributed by atoms with Crippen molar-refractivity contribution < 1.29 is 4.79 Å². The van der Waals surface area contributed by atoms with Crippen LogP contribution in [0.25, 0.3) is 0 Å². The molecule has 0 aromatic heterocycles. The second-order valence-corrected chi connectivity index (χ2v) is 6.56. The summed E-state index contributed by atoms with van der Waals surface area (Å²) in [6.07, 6.45) is 3.59. The Kier molecular flexibility index (Phi) is 4.82. The first kappa shape index (κ1) is 15.8. The summed E-state index contributed by atoms with van der Waals surface area (Å²) < 4.78 is 0. The van der Waals surface area contributed by atoms with Gasteiger partial charge in [0.2, 0.25) is 5.91 Å². The zero-order valence-electron chi connectivity index (χ0n) is 13.6. The van der Waals surface area contributed by atoms with Gasteiger partial charge in [0.1, 0.15) is 6.04 Å². The van der Waals surface area contributed by atoms with E-state index in [1.807, 2.05) is 0 Å². The Morgan fingerprint density at radius 2 is 2.13 bits per heavy atom. The molecule has 2 saturated heterocycles. The van der Waals surface area contributed by atoms with Gasteiger partial charge in [-0.2, -0.15) is 5.26 Å². The maximum absolute atomic E-state index is 12.6. The number of nitrogens with one attached hydrogen (secondary N) is 2. The summed E-state index contributed by atoms with van der Waals surface area (Å²) >= 11 is 0. The molecule has 2 N–H and O–H groups in total. The first-order chi connectivity index (χ1) is 11.2. The molecule has 3 rings (SSSR count). The van der Waals surface area contributed by atoms with Crippen molar-refractivity contribution in [2.45, 2.75) is 50.7 Å². The van der Waals surface area contributed by atoms with E-state index < -0.39 is 0 Å². The van der Waals surface area contributed by atoms with E-state index >= 15 is 0 Å². The Bertz CT molecular complexity index is 592. The number of rotatable bonds is 4. The van der Waals surface area contributed by atoms with Gasteiger partial charge in [-0.1, -0.05) is 17.7 Å². The number of aryl methyl sites for hydroxylation is 1. The Hall–Kier alpha value is -2.06. The smallest absolute Gasteiger partial charge is 0.240 e. The predicted molar refractivity (Wildman–Crippen MR) is 90.0 cm³/mol. The fourth-order valence-corrected chi connectivity index (χ4v) is 3.45. The number of anilines is 1. The molecule has 5 heteroatoms. The topological polar surface area (TPSA) is 68.2 Å². The first-order valence-electron chi connectivity index (χ1n) is 8.44. The first-order valence-corrected chi connectivity index (χ1v) is 8.44. The van der Waals surface area contributed by atoms with Gasteiger partial charge < -0.3 is 15.5 Å². The minimum Gasteiger partial charge on any atom is -0.383 e. The van der Waals surface area contributed by atoms with Gasteiger partial charge in [-0.3, -0.25) is 4.79 Å². The van der Waals surface area contributed by atoms with E-state index in [9.17, 15) is 4.79 Å². The van der Waals surface area contributed by atoms with Gasteiger partial charge in [0.15, 0.2) is 0 Å². The van der Waals surface area contributed by atoms with Crippen molar-refractivity contribution >= 4 is 11.6 Å². The van der Waals surface area contributed by atoms with E-state index in [1.54, 1.807) is 4.90 Å². The third kappa shape index (κ3) is 3.65. The molecule has 1 aromatic carbocycles. The van der Waals surface area contributed by atoms with Crippen LogP contribution in [0.2, 0.25) is 0 Å². The van der Waals surface area contributed by atoms with Gasteiger partial charge in [-0.05, 0) is 44.7 Å². The van der Waals surface area contributed by atoms with Crippen LogP contribution in [0.15, 0.2) is 24.3 Å². The maximum Gasteiger partial charge on any atom is 0.240 e. The average Bonchev–Trinajstić information content (AvgIpc) is 3.23. The highest BCUT2D eigenvalue weighted by atomic mass is 16.2. The van der Waals surface area contributed by atoms with Crippen LogP contribution in [-0.4, -0.2) is 42.0 Å². The van der Waals surface area contributed by atoms with Crippen LogP contribution in [0, 0.1) is 18.3 Å². The van der Waals surface area contributed by atoms with E-state index in [4.69, 9.17) is 5.26 Å². The van der Waals surface area contributed by atoms with E-state index in [1.165, 1.54) is 5.56 Å². The third-order valence-corrected chi connectivity index (χ3v) is 4.83. The van der Waals surface area contributed by atoms with Crippen LogP contribution in [0.5, 0.6) is 0 Å². The Balaban J connectivity index is 1.49. The van der Waals surface area contributed by atoms with E-state index in [2.05, 4.69) is 47.9 Å². The average molecular weight is 312 g/mol. The van der Waals surface area contributed by atoms with Crippen molar-refractivity contribution in [3.05, 3.63) is 29.8 Å².